The van der Waals surface area contributed by atoms with Crippen LogP contribution in [0.3, 0.4) is 0 Å². The van der Waals surface area contributed by atoms with Crippen molar-refractivity contribution in [2.75, 3.05) is 19.6 Å². The van der Waals surface area contributed by atoms with Crippen molar-refractivity contribution in [2.45, 2.75) is 46.2 Å². The van der Waals surface area contributed by atoms with Crippen LogP contribution in [0, 0.1) is 12.3 Å². The van der Waals surface area contributed by atoms with Gasteiger partial charge in [-0.2, -0.15) is 0 Å². The molecule has 0 fully saturated rings. The first-order valence-corrected chi connectivity index (χ1v) is 5.49. The van der Waals surface area contributed by atoms with Crippen LogP contribution in [0.2, 0.25) is 0 Å². The van der Waals surface area contributed by atoms with Gasteiger partial charge in [-0.3, -0.25) is 4.90 Å². The molecule has 0 atom stereocenters. The first-order valence-electron chi connectivity index (χ1n) is 5.49. The van der Waals surface area contributed by atoms with Crippen LogP contribution in [0.1, 0.15) is 34.1 Å². The molecule has 0 amide bonds. The first-order chi connectivity index (χ1) is 6.59. The molecule has 0 saturated heterocycles. The lowest BCUT2D eigenvalue weighted by atomic mass is 10.2. The van der Waals surface area contributed by atoms with Gasteiger partial charge in [0, 0.05) is 38.1 Å². The molecule has 82 valence electrons. The van der Waals surface area contributed by atoms with Crippen LogP contribution >= 0.6 is 0 Å². The SMILES string of the molecule is C#CCCNCCN(C(C)C)C(C)C. The lowest BCUT2D eigenvalue weighted by Gasteiger charge is -2.30. The highest BCUT2D eigenvalue weighted by molar-refractivity contribution is 4.84. The molecule has 0 aromatic rings. The summed E-state index contributed by atoms with van der Waals surface area (Å²) in [6.45, 7) is 12.0. The summed E-state index contributed by atoms with van der Waals surface area (Å²) in [7, 11) is 0. The van der Waals surface area contributed by atoms with Gasteiger partial charge in [0.05, 0.1) is 0 Å². The minimum Gasteiger partial charge on any atom is -0.315 e. The van der Waals surface area contributed by atoms with E-state index in [0.717, 1.165) is 26.1 Å². The van der Waals surface area contributed by atoms with E-state index in [1.807, 2.05) is 0 Å². The molecular weight excluding hydrogens is 172 g/mol. The number of hydrogen-bond acceptors (Lipinski definition) is 2. The number of rotatable bonds is 7. The normalized spacial score (nSPS) is 11.3. The van der Waals surface area contributed by atoms with E-state index in [9.17, 15) is 0 Å². The van der Waals surface area contributed by atoms with E-state index in [0.29, 0.717) is 12.1 Å². The third-order valence-electron chi connectivity index (χ3n) is 2.32. The summed E-state index contributed by atoms with van der Waals surface area (Å²) in [5, 5.41) is 3.34. The van der Waals surface area contributed by atoms with Crippen molar-refractivity contribution in [1.82, 2.24) is 10.2 Å². The van der Waals surface area contributed by atoms with Gasteiger partial charge in [0.15, 0.2) is 0 Å². The molecule has 0 rings (SSSR count). The van der Waals surface area contributed by atoms with E-state index < -0.39 is 0 Å². The average Bonchev–Trinajstić information content (AvgIpc) is 2.09. The molecule has 0 radical (unpaired) electrons. The predicted molar refractivity (Wildman–Crippen MR) is 63.3 cm³/mol. The Balaban J connectivity index is 3.58. The van der Waals surface area contributed by atoms with Gasteiger partial charge in [-0.1, -0.05) is 0 Å². The molecule has 14 heavy (non-hydrogen) atoms. The third-order valence-corrected chi connectivity index (χ3v) is 2.32. The number of nitrogens with zero attached hydrogens (tertiary/aromatic N) is 1. The minimum atomic E-state index is 0.615. The second-order valence-corrected chi connectivity index (χ2v) is 4.13. The molecule has 0 aliphatic carbocycles. The Morgan fingerprint density at radius 3 is 2.14 bits per heavy atom. The van der Waals surface area contributed by atoms with Crippen molar-refractivity contribution in [2.24, 2.45) is 0 Å². The molecule has 0 aliphatic rings. The summed E-state index contributed by atoms with van der Waals surface area (Å²) < 4.78 is 0. The fourth-order valence-corrected chi connectivity index (χ4v) is 1.61. The standard InChI is InChI=1S/C12H24N2/c1-6-7-8-13-9-10-14(11(2)3)12(4)5/h1,11-13H,7-10H2,2-5H3. The Kier molecular flexibility index (Phi) is 7.55. The predicted octanol–water partition coefficient (Wildman–Crippen LogP) is 1.72. The Morgan fingerprint density at radius 2 is 1.71 bits per heavy atom. The molecule has 2 nitrogen and oxygen atoms in total. The van der Waals surface area contributed by atoms with Crippen LogP contribution in [0.5, 0.6) is 0 Å². The zero-order chi connectivity index (χ0) is 11.0. The van der Waals surface area contributed by atoms with Crippen LogP contribution in [0.4, 0.5) is 0 Å². The monoisotopic (exact) mass is 196 g/mol. The van der Waals surface area contributed by atoms with Crippen LogP contribution in [-0.2, 0) is 0 Å². The molecule has 2 heteroatoms. The van der Waals surface area contributed by atoms with Gasteiger partial charge in [-0.05, 0) is 27.7 Å². The molecule has 0 spiro atoms. The third kappa shape index (κ3) is 6.01. The second kappa shape index (κ2) is 7.84. The molecule has 0 bridgehead atoms. The summed E-state index contributed by atoms with van der Waals surface area (Å²) in [6.07, 6.45) is 5.99. The molecule has 0 aromatic heterocycles. The summed E-state index contributed by atoms with van der Waals surface area (Å²) in [5.41, 5.74) is 0. The van der Waals surface area contributed by atoms with E-state index in [1.54, 1.807) is 0 Å². The first kappa shape index (κ1) is 13.5. The smallest absolute Gasteiger partial charge is 0.0211 e. The van der Waals surface area contributed by atoms with Gasteiger partial charge in [0.1, 0.15) is 0 Å². The Hall–Kier alpha value is -0.520. The van der Waals surface area contributed by atoms with Crippen molar-refractivity contribution in [3.05, 3.63) is 0 Å². The Labute approximate surface area is 89.1 Å². The Morgan fingerprint density at radius 1 is 1.14 bits per heavy atom. The number of nitrogens with one attached hydrogen (secondary N) is 1. The van der Waals surface area contributed by atoms with Crippen molar-refractivity contribution in [3.8, 4) is 12.3 Å². The van der Waals surface area contributed by atoms with E-state index in [2.05, 4.69) is 43.8 Å². The van der Waals surface area contributed by atoms with Gasteiger partial charge >= 0.3 is 0 Å². The lowest BCUT2D eigenvalue weighted by molar-refractivity contribution is 0.176. The van der Waals surface area contributed by atoms with E-state index in [4.69, 9.17) is 6.42 Å². The number of hydrogen-bond donors (Lipinski definition) is 1. The molecule has 1 N–H and O–H groups in total. The zero-order valence-electron chi connectivity index (χ0n) is 10.0. The summed E-state index contributed by atoms with van der Waals surface area (Å²) in [6, 6.07) is 1.23. The Bertz CT molecular complexity index is 160. The van der Waals surface area contributed by atoms with Crippen molar-refractivity contribution >= 4 is 0 Å². The van der Waals surface area contributed by atoms with Gasteiger partial charge in [0.2, 0.25) is 0 Å². The largest absolute Gasteiger partial charge is 0.315 e. The van der Waals surface area contributed by atoms with Crippen LogP contribution in [0.25, 0.3) is 0 Å². The number of terminal acetylenes is 1. The molecular formula is C12H24N2. The zero-order valence-corrected chi connectivity index (χ0v) is 10.0. The van der Waals surface area contributed by atoms with Crippen LogP contribution in [-0.4, -0.2) is 36.6 Å². The second-order valence-electron chi connectivity index (χ2n) is 4.13. The average molecular weight is 196 g/mol. The van der Waals surface area contributed by atoms with Crippen molar-refractivity contribution in [3.63, 3.8) is 0 Å². The molecule has 0 heterocycles. The summed E-state index contributed by atoms with van der Waals surface area (Å²) in [4.78, 5) is 2.48. The van der Waals surface area contributed by atoms with E-state index in [-0.39, 0.29) is 0 Å². The molecule has 0 aromatic carbocycles. The maximum Gasteiger partial charge on any atom is 0.0211 e. The van der Waals surface area contributed by atoms with Crippen molar-refractivity contribution < 1.29 is 0 Å². The lowest BCUT2D eigenvalue weighted by Crippen LogP contribution is -2.41. The minimum absolute atomic E-state index is 0.615. The highest BCUT2D eigenvalue weighted by Gasteiger charge is 2.11. The van der Waals surface area contributed by atoms with E-state index in [1.165, 1.54) is 0 Å². The van der Waals surface area contributed by atoms with Crippen LogP contribution < -0.4 is 5.32 Å². The maximum atomic E-state index is 5.17. The van der Waals surface area contributed by atoms with Gasteiger partial charge < -0.3 is 5.32 Å². The highest BCUT2D eigenvalue weighted by atomic mass is 15.2. The topological polar surface area (TPSA) is 15.3 Å². The molecule has 0 unspecified atom stereocenters. The molecule has 0 saturated carbocycles. The molecule has 0 aliphatic heterocycles. The summed E-state index contributed by atoms with van der Waals surface area (Å²) >= 11 is 0. The van der Waals surface area contributed by atoms with Gasteiger partial charge in [-0.25, -0.2) is 0 Å². The maximum absolute atomic E-state index is 5.17. The van der Waals surface area contributed by atoms with Gasteiger partial charge in [0.25, 0.3) is 0 Å². The summed E-state index contributed by atoms with van der Waals surface area (Å²) in [5.74, 6) is 2.63. The van der Waals surface area contributed by atoms with Crippen molar-refractivity contribution in [1.29, 1.82) is 0 Å². The van der Waals surface area contributed by atoms with Gasteiger partial charge in [-0.15, -0.1) is 12.3 Å². The van der Waals surface area contributed by atoms with E-state index >= 15 is 0 Å². The highest BCUT2D eigenvalue weighted by Crippen LogP contribution is 2.02. The quantitative estimate of drug-likeness (QED) is 0.493. The fourth-order valence-electron chi connectivity index (χ4n) is 1.61. The fraction of sp³-hybridized carbons (Fsp3) is 0.833. The van der Waals surface area contributed by atoms with Crippen LogP contribution in [0.15, 0.2) is 0 Å².